The Bertz CT molecular complexity index is 911. The number of anilines is 1. The number of rotatable bonds is 11. The van der Waals surface area contributed by atoms with Gasteiger partial charge in [-0.15, -0.1) is 0 Å². The Kier molecular flexibility index (Phi) is 9.41. The zero-order valence-electron chi connectivity index (χ0n) is 16.1. The van der Waals surface area contributed by atoms with Crippen LogP contribution in [-0.2, 0) is 9.53 Å². The van der Waals surface area contributed by atoms with E-state index in [1.54, 1.807) is 18.2 Å². The van der Waals surface area contributed by atoms with Crippen molar-refractivity contribution in [2.75, 3.05) is 25.6 Å². The van der Waals surface area contributed by atoms with Gasteiger partial charge in [-0.25, -0.2) is 0 Å². The van der Waals surface area contributed by atoms with E-state index in [9.17, 15) is 22.4 Å². The number of nitrogens with one attached hydrogen (secondary N) is 1. The predicted octanol–water partition coefficient (Wildman–Crippen LogP) is 5.22. The third kappa shape index (κ3) is 7.99. The summed E-state index contributed by atoms with van der Waals surface area (Å²) in [5.74, 6) is -1.21. The second-order valence-electron chi connectivity index (χ2n) is 5.74. The minimum Gasteiger partial charge on any atom is -0.487 e. The van der Waals surface area contributed by atoms with E-state index in [1.807, 2.05) is 0 Å². The molecule has 2 rings (SSSR count). The van der Waals surface area contributed by atoms with Crippen molar-refractivity contribution in [3.63, 3.8) is 0 Å². The predicted molar refractivity (Wildman–Crippen MR) is 106 cm³/mol. The highest BCUT2D eigenvalue weighted by molar-refractivity contribution is 6.32. The minimum atomic E-state index is -3.21. The molecule has 0 atom stereocenters. The fourth-order valence-electron chi connectivity index (χ4n) is 2.35. The molecule has 1 amide bonds. The number of hydrogen-bond acceptors (Lipinski definition) is 5. The molecule has 2 aromatic carbocycles. The van der Waals surface area contributed by atoms with Crippen molar-refractivity contribution in [3.05, 3.63) is 53.1 Å². The molecular formula is C20H18ClF4NO5. The van der Waals surface area contributed by atoms with Crippen LogP contribution in [0, 0.1) is 0 Å². The molecule has 6 nitrogen and oxygen atoms in total. The molecule has 2 aromatic rings. The van der Waals surface area contributed by atoms with Crippen LogP contribution in [-0.4, -0.2) is 39.5 Å². The molecule has 0 bridgehead atoms. The number of ether oxygens (including phenoxy) is 4. The first-order valence-corrected chi connectivity index (χ1v) is 9.11. The van der Waals surface area contributed by atoms with Crippen molar-refractivity contribution >= 4 is 29.3 Å². The van der Waals surface area contributed by atoms with Gasteiger partial charge in [0.05, 0.1) is 17.3 Å². The Morgan fingerprint density at radius 1 is 1.10 bits per heavy atom. The molecule has 0 unspecified atom stereocenters. The molecule has 0 saturated carbocycles. The van der Waals surface area contributed by atoms with E-state index in [0.717, 1.165) is 18.2 Å². The van der Waals surface area contributed by atoms with Crippen LogP contribution in [0.5, 0.6) is 17.2 Å². The standard InChI is InChI=1S/C20H18ClF4NO5/c1-28-9-10-29-18-14(21)3-2-4-15(18)26-17(27)8-6-12-5-7-13(30-19(22)23)11-16(12)31-20(24)25/h2-8,11,19-20H,9-10H2,1H3,(H,26,27)/b8-6+. The Morgan fingerprint density at radius 3 is 2.52 bits per heavy atom. The SMILES string of the molecule is COCCOc1c(Cl)cccc1NC(=O)/C=C/c1ccc(OC(F)F)cc1OC(F)F. The molecule has 0 aliphatic carbocycles. The number of halogens is 5. The largest absolute Gasteiger partial charge is 0.487 e. The summed E-state index contributed by atoms with van der Waals surface area (Å²) in [6, 6.07) is 7.92. The normalized spacial score (nSPS) is 11.2. The van der Waals surface area contributed by atoms with Crippen LogP contribution in [0.2, 0.25) is 5.02 Å². The number of methoxy groups -OCH3 is 1. The zero-order chi connectivity index (χ0) is 22.8. The van der Waals surface area contributed by atoms with Crippen molar-refractivity contribution in [3.8, 4) is 17.2 Å². The monoisotopic (exact) mass is 463 g/mol. The number of carbonyl (C=O) groups is 1. The summed E-state index contributed by atoms with van der Waals surface area (Å²) in [4.78, 5) is 12.3. The number of alkyl halides is 4. The second-order valence-corrected chi connectivity index (χ2v) is 6.14. The lowest BCUT2D eigenvalue weighted by Crippen LogP contribution is -2.11. The molecule has 31 heavy (non-hydrogen) atoms. The highest BCUT2D eigenvalue weighted by atomic mass is 35.5. The van der Waals surface area contributed by atoms with Crippen LogP contribution in [0.25, 0.3) is 6.08 Å². The van der Waals surface area contributed by atoms with E-state index >= 15 is 0 Å². The van der Waals surface area contributed by atoms with E-state index in [2.05, 4.69) is 14.8 Å². The summed E-state index contributed by atoms with van der Waals surface area (Å²) >= 11 is 6.10. The number of amides is 1. The van der Waals surface area contributed by atoms with Gasteiger partial charge in [0.25, 0.3) is 0 Å². The first-order valence-electron chi connectivity index (χ1n) is 8.73. The lowest BCUT2D eigenvalue weighted by atomic mass is 10.1. The first-order chi connectivity index (χ1) is 14.8. The van der Waals surface area contributed by atoms with Gasteiger partial charge in [0.2, 0.25) is 5.91 Å². The summed E-state index contributed by atoms with van der Waals surface area (Å²) in [6.07, 6.45) is 2.22. The van der Waals surface area contributed by atoms with Crippen LogP contribution < -0.4 is 19.5 Å². The maximum atomic E-state index is 12.6. The number of carbonyl (C=O) groups excluding carboxylic acids is 1. The van der Waals surface area contributed by atoms with E-state index in [-0.39, 0.29) is 34.4 Å². The summed E-state index contributed by atoms with van der Waals surface area (Å²) in [5.41, 5.74) is 0.322. The van der Waals surface area contributed by atoms with Crippen molar-refractivity contribution in [2.45, 2.75) is 13.2 Å². The third-order valence-electron chi connectivity index (χ3n) is 3.60. The van der Waals surface area contributed by atoms with Gasteiger partial charge in [-0.1, -0.05) is 17.7 Å². The number of para-hydroxylation sites is 1. The maximum absolute atomic E-state index is 12.6. The highest BCUT2D eigenvalue weighted by Crippen LogP contribution is 2.33. The topological polar surface area (TPSA) is 66.0 Å². The van der Waals surface area contributed by atoms with Crippen LogP contribution in [0.4, 0.5) is 23.2 Å². The van der Waals surface area contributed by atoms with E-state index in [1.165, 1.54) is 19.3 Å². The van der Waals surface area contributed by atoms with E-state index in [4.69, 9.17) is 21.1 Å². The molecule has 0 radical (unpaired) electrons. The van der Waals surface area contributed by atoms with Gasteiger partial charge in [0.15, 0.2) is 5.75 Å². The first kappa shape index (κ1) is 24.3. The number of benzene rings is 2. The molecular weight excluding hydrogens is 446 g/mol. The zero-order valence-corrected chi connectivity index (χ0v) is 16.9. The smallest absolute Gasteiger partial charge is 0.387 e. The van der Waals surface area contributed by atoms with Gasteiger partial charge in [-0.2, -0.15) is 17.6 Å². The molecule has 0 saturated heterocycles. The third-order valence-corrected chi connectivity index (χ3v) is 3.90. The summed E-state index contributed by atoms with van der Waals surface area (Å²) in [7, 11) is 1.50. The van der Waals surface area contributed by atoms with Gasteiger partial charge in [0.1, 0.15) is 18.1 Å². The van der Waals surface area contributed by atoms with Crippen molar-refractivity contribution in [1.82, 2.24) is 0 Å². The van der Waals surface area contributed by atoms with Crippen molar-refractivity contribution in [1.29, 1.82) is 0 Å². The molecule has 0 heterocycles. The Labute approximate surface area is 180 Å². The Morgan fingerprint density at radius 2 is 1.84 bits per heavy atom. The van der Waals surface area contributed by atoms with E-state index in [0.29, 0.717) is 6.61 Å². The lowest BCUT2D eigenvalue weighted by molar-refractivity contribution is -0.111. The maximum Gasteiger partial charge on any atom is 0.387 e. The molecule has 0 spiro atoms. The van der Waals surface area contributed by atoms with Crippen molar-refractivity contribution < 1.29 is 41.3 Å². The number of hydrogen-bond donors (Lipinski definition) is 1. The Hall–Kier alpha value is -2.98. The van der Waals surface area contributed by atoms with E-state index < -0.39 is 24.9 Å². The van der Waals surface area contributed by atoms with Gasteiger partial charge < -0.3 is 24.3 Å². The highest BCUT2D eigenvalue weighted by Gasteiger charge is 2.13. The minimum absolute atomic E-state index is 0.0414. The molecule has 11 heteroatoms. The molecule has 0 aliphatic heterocycles. The summed E-state index contributed by atoms with van der Waals surface area (Å²) in [6.45, 7) is -5.84. The molecule has 168 valence electrons. The Balaban J connectivity index is 2.17. The summed E-state index contributed by atoms with van der Waals surface area (Å²) < 4.78 is 68.8. The van der Waals surface area contributed by atoms with Crippen LogP contribution >= 0.6 is 11.6 Å². The molecule has 0 aromatic heterocycles. The molecule has 0 fully saturated rings. The van der Waals surface area contributed by atoms with Gasteiger partial charge in [-0.3, -0.25) is 4.79 Å². The van der Waals surface area contributed by atoms with Gasteiger partial charge in [0, 0.05) is 24.8 Å². The average molecular weight is 464 g/mol. The van der Waals surface area contributed by atoms with Crippen LogP contribution in [0.3, 0.4) is 0 Å². The summed E-state index contributed by atoms with van der Waals surface area (Å²) in [5, 5.41) is 2.82. The fraction of sp³-hybridized carbons (Fsp3) is 0.250. The van der Waals surface area contributed by atoms with Crippen LogP contribution in [0.1, 0.15) is 5.56 Å². The lowest BCUT2D eigenvalue weighted by Gasteiger charge is -2.13. The quantitative estimate of drug-likeness (QED) is 0.281. The molecule has 0 aliphatic rings. The second kappa shape index (κ2) is 12.0. The average Bonchev–Trinajstić information content (AvgIpc) is 2.68. The van der Waals surface area contributed by atoms with Crippen molar-refractivity contribution in [2.24, 2.45) is 0 Å². The molecule has 1 N–H and O–H groups in total. The van der Waals surface area contributed by atoms with Crippen LogP contribution in [0.15, 0.2) is 42.5 Å². The van der Waals surface area contributed by atoms with Gasteiger partial charge >= 0.3 is 13.2 Å². The van der Waals surface area contributed by atoms with Gasteiger partial charge in [-0.05, 0) is 30.3 Å². The fourth-order valence-corrected chi connectivity index (χ4v) is 2.58.